The predicted molar refractivity (Wildman–Crippen MR) is 102 cm³/mol. The fourth-order valence-electron chi connectivity index (χ4n) is 2.24. The Morgan fingerprint density at radius 1 is 1.31 bits per heavy atom. The van der Waals surface area contributed by atoms with Crippen LogP contribution in [0.5, 0.6) is 5.75 Å². The van der Waals surface area contributed by atoms with E-state index in [1.807, 2.05) is 13.8 Å². The molecule has 0 spiro atoms. The number of esters is 1. The second kappa shape index (κ2) is 9.00. The maximum absolute atomic E-state index is 12.3. The average molecular weight is 397 g/mol. The van der Waals surface area contributed by atoms with Gasteiger partial charge in [-0.25, -0.2) is 4.98 Å². The summed E-state index contributed by atoms with van der Waals surface area (Å²) in [7, 11) is 0. The normalized spacial score (nSPS) is 11.7. The molecule has 0 aliphatic carbocycles. The number of amides is 1. The minimum Gasteiger partial charge on any atom is -0.481 e. The van der Waals surface area contributed by atoms with Crippen LogP contribution >= 0.6 is 22.9 Å². The molecule has 0 aliphatic heterocycles. The highest BCUT2D eigenvalue weighted by Crippen LogP contribution is 2.26. The average Bonchev–Trinajstić information content (AvgIpc) is 2.99. The van der Waals surface area contributed by atoms with E-state index in [1.54, 1.807) is 31.4 Å². The second-order valence-corrected chi connectivity index (χ2v) is 6.98. The van der Waals surface area contributed by atoms with Crippen LogP contribution in [0.25, 0.3) is 0 Å². The highest BCUT2D eigenvalue weighted by molar-refractivity contribution is 7.13. The molecule has 2 aromatic rings. The Morgan fingerprint density at radius 3 is 2.58 bits per heavy atom. The quantitative estimate of drug-likeness (QED) is 0.717. The van der Waals surface area contributed by atoms with Crippen LogP contribution in [-0.2, 0) is 20.7 Å². The Bertz CT molecular complexity index is 783. The zero-order chi connectivity index (χ0) is 19.3. The smallest absolute Gasteiger partial charge is 0.311 e. The number of aryl methyl sites for hydroxylation is 2. The van der Waals surface area contributed by atoms with Crippen LogP contribution in [-0.4, -0.2) is 29.6 Å². The summed E-state index contributed by atoms with van der Waals surface area (Å²) in [5.41, 5.74) is 2.33. The van der Waals surface area contributed by atoms with Gasteiger partial charge in [0.15, 0.2) is 11.2 Å². The van der Waals surface area contributed by atoms with Gasteiger partial charge in [-0.2, -0.15) is 0 Å². The Morgan fingerprint density at radius 2 is 1.96 bits per heavy atom. The van der Waals surface area contributed by atoms with Gasteiger partial charge in [-0.1, -0.05) is 11.6 Å². The molecule has 0 saturated heterocycles. The van der Waals surface area contributed by atoms with Crippen molar-refractivity contribution in [3.8, 4) is 5.75 Å². The largest absolute Gasteiger partial charge is 0.481 e. The van der Waals surface area contributed by atoms with Crippen molar-refractivity contribution in [2.45, 2.75) is 40.2 Å². The summed E-state index contributed by atoms with van der Waals surface area (Å²) < 4.78 is 10.6. The Labute approximate surface area is 161 Å². The van der Waals surface area contributed by atoms with Gasteiger partial charge in [-0.15, -0.1) is 11.3 Å². The number of nitrogens with zero attached hydrogens (tertiary/aromatic N) is 1. The minimum absolute atomic E-state index is 0.0790. The highest BCUT2D eigenvalue weighted by atomic mass is 35.5. The molecule has 26 heavy (non-hydrogen) atoms. The number of aromatic nitrogens is 1. The van der Waals surface area contributed by atoms with Crippen LogP contribution in [0, 0.1) is 13.8 Å². The number of nitrogens with one attached hydrogen (secondary N) is 1. The second-order valence-electron chi connectivity index (χ2n) is 5.75. The Hall–Kier alpha value is -2.12. The number of thiazole rings is 1. The molecule has 0 saturated carbocycles. The number of ether oxygens (including phenoxy) is 2. The number of anilines is 1. The van der Waals surface area contributed by atoms with Gasteiger partial charge in [-0.3, -0.25) is 14.9 Å². The molecule has 1 aromatic heterocycles. The van der Waals surface area contributed by atoms with Crippen LogP contribution in [0.2, 0.25) is 5.02 Å². The zero-order valence-electron chi connectivity index (χ0n) is 15.1. The van der Waals surface area contributed by atoms with E-state index in [4.69, 9.17) is 21.1 Å². The third-order valence-corrected chi connectivity index (χ3v) is 4.91. The summed E-state index contributed by atoms with van der Waals surface area (Å²) in [6, 6.07) is 3.58. The number of hydrogen-bond donors (Lipinski definition) is 1. The lowest BCUT2D eigenvalue weighted by molar-refractivity contribution is -0.142. The van der Waals surface area contributed by atoms with E-state index in [0.29, 0.717) is 28.2 Å². The number of carbonyl (C=O) groups excluding carboxylic acids is 2. The van der Waals surface area contributed by atoms with Crippen LogP contribution in [0.3, 0.4) is 0 Å². The summed E-state index contributed by atoms with van der Waals surface area (Å²) in [5, 5.41) is 5.50. The number of benzene rings is 1. The first-order valence-electron chi connectivity index (χ1n) is 8.14. The van der Waals surface area contributed by atoms with Crippen molar-refractivity contribution in [2.24, 2.45) is 0 Å². The van der Waals surface area contributed by atoms with Crippen LogP contribution < -0.4 is 10.1 Å². The van der Waals surface area contributed by atoms with Gasteiger partial charge in [0.25, 0.3) is 5.91 Å². The fraction of sp³-hybridized carbons (Fsp3) is 0.389. The van der Waals surface area contributed by atoms with Crippen LogP contribution in [0.15, 0.2) is 17.5 Å². The molecule has 8 heteroatoms. The van der Waals surface area contributed by atoms with Gasteiger partial charge in [0, 0.05) is 10.4 Å². The van der Waals surface area contributed by atoms with E-state index in [0.717, 1.165) is 11.1 Å². The van der Waals surface area contributed by atoms with Gasteiger partial charge in [0.05, 0.1) is 18.7 Å². The van der Waals surface area contributed by atoms with Crippen molar-refractivity contribution >= 4 is 39.9 Å². The standard InChI is InChI=1S/C18H21ClN2O4S/c1-5-24-15(22)8-13-9-26-18(20-13)21-17(23)12(4)25-14-6-10(2)16(19)11(3)7-14/h6-7,9,12H,5,8H2,1-4H3,(H,20,21,23). The first kappa shape index (κ1) is 20.2. The number of carbonyl (C=O) groups is 2. The molecule has 1 N–H and O–H groups in total. The monoisotopic (exact) mass is 396 g/mol. The summed E-state index contributed by atoms with van der Waals surface area (Å²) >= 11 is 7.38. The fourth-order valence-corrected chi connectivity index (χ4v) is 3.07. The van der Waals surface area contributed by atoms with Crippen molar-refractivity contribution in [1.29, 1.82) is 0 Å². The van der Waals surface area contributed by atoms with Gasteiger partial charge < -0.3 is 9.47 Å². The lowest BCUT2D eigenvalue weighted by Gasteiger charge is -2.15. The van der Waals surface area contributed by atoms with Crippen molar-refractivity contribution in [3.63, 3.8) is 0 Å². The molecule has 140 valence electrons. The van der Waals surface area contributed by atoms with E-state index in [9.17, 15) is 9.59 Å². The third-order valence-electron chi connectivity index (χ3n) is 3.50. The topological polar surface area (TPSA) is 77.5 Å². The third kappa shape index (κ3) is 5.44. The number of hydrogen-bond acceptors (Lipinski definition) is 6. The molecule has 1 heterocycles. The van der Waals surface area contributed by atoms with Gasteiger partial charge in [-0.05, 0) is 51.0 Å². The van der Waals surface area contributed by atoms with E-state index >= 15 is 0 Å². The van der Waals surface area contributed by atoms with Crippen molar-refractivity contribution in [2.75, 3.05) is 11.9 Å². The SMILES string of the molecule is CCOC(=O)Cc1csc(NC(=O)C(C)Oc2cc(C)c(Cl)c(C)c2)n1. The van der Waals surface area contributed by atoms with Crippen LogP contribution in [0.4, 0.5) is 5.13 Å². The van der Waals surface area contributed by atoms with E-state index in [1.165, 1.54) is 11.3 Å². The zero-order valence-corrected chi connectivity index (χ0v) is 16.7. The molecule has 0 bridgehead atoms. The maximum atomic E-state index is 12.3. The van der Waals surface area contributed by atoms with Crippen LogP contribution in [0.1, 0.15) is 30.7 Å². The predicted octanol–water partition coefficient (Wildman–Crippen LogP) is 3.92. The van der Waals surface area contributed by atoms with E-state index in [-0.39, 0.29) is 18.3 Å². The molecular formula is C18H21ClN2O4S. The Balaban J connectivity index is 1.95. The van der Waals surface area contributed by atoms with Crippen molar-refractivity contribution in [3.05, 3.63) is 39.4 Å². The van der Waals surface area contributed by atoms with E-state index in [2.05, 4.69) is 10.3 Å². The molecule has 6 nitrogen and oxygen atoms in total. The van der Waals surface area contributed by atoms with Gasteiger partial charge in [0.1, 0.15) is 5.75 Å². The summed E-state index contributed by atoms with van der Waals surface area (Å²) in [4.78, 5) is 28.0. The highest BCUT2D eigenvalue weighted by Gasteiger charge is 2.18. The molecule has 1 aromatic carbocycles. The van der Waals surface area contributed by atoms with Gasteiger partial charge in [0.2, 0.25) is 0 Å². The van der Waals surface area contributed by atoms with Gasteiger partial charge >= 0.3 is 5.97 Å². The molecule has 1 atom stereocenters. The molecule has 0 radical (unpaired) electrons. The molecule has 1 amide bonds. The molecule has 0 fully saturated rings. The summed E-state index contributed by atoms with van der Waals surface area (Å²) in [6.07, 6.45) is -0.636. The Kier molecular flexibility index (Phi) is 6.99. The van der Waals surface area contributed by atoms with Crippen molar-refractivity contribution in [1.82, 2.24) is 4.98 Å². The lowest BCUT2D eigenvalue weighted by atomic mass is 10.1. The first-order valence-corrected chi connectivity index (χ1v) is 9.40. The maximum Gasteiger partial charge on any atom is 0.311 e. The summed E-state index contributed by atoms with van der Waals surface area (Å²) in [5.74, 6) is -0.0951. The molecule has 2 rings (SSSR count). The first-order chi connectivity index (χ1) is 12.3. The van der Waals surface area contributed by atoms with Crippen molar-refractivity contribution < 1.29 is 19.1 Å². The molecular weight excluding hydrogens is 376 g/mol. The molecule has 0 aliphatic rings. The minimum atomic E-state index is -0.715. The lowest BCUT2D eigenvalue weighted by Crippen LogP contribution is -2.30. The number of rotatable bonds is 7. The van der Waals surface area contributed by atoms with E-state index < -0.39 is 6.10 Å². The summed E-state index contributed by atoms with van der Waals surface area (Å²) in [6.45, 7) is 7.49. The molecule has 1 unspecified atom stereocenters. The number of halogens is 1.